The summed E-state index contributed by atoms with van der Waals surface area (Å²) in [5, 5.41) is 0. The molecule has 3 unspecified atom stereocenters. The molecule has 1 fully saturated rings. The molecule has 3 atom stereocenters. The zero-order valence-corrected chi connectivity index (χ0v) is 11.1. The molecule has 84 valence electrons. The summed E-state index contributed by atoms with van der Waals surface area (Å²) in [7, 11) is 1.80. The smallest absolute Gasteiger partial charge is 0.0465 e. The van der Waals surface area contributed by atoms with Crippen molar-refractivity contribution < 1.29 is 4.74 Å². The number of methoxy groups -OCH3 is 1. The molecule has 2 heteroatoms. The highest BCUT2D eigenvalue weighted by molar-refractivity contribution is 9.09. The van der Waals surface area contributed by atoms with E-state index < -0.39 is 0 Å². The first-order valence-electron chi connectivity index (χ1n) is 5.91. The molecule has 0 heterocycles. The molecule has 1 aliphatic rings. The lowest BCUT2D eigenvalue weighted by atomic mass is 9.78. The van der Waals surface area contributed by atoms with E-state index >= 15 is 0 Å². The topological polar surface area (TPSA) is 9.23 Å². The van der Waals surface area contributed by atoms with Gasteiger partial charge in [0.2, 0.25) is 0 Å². The predicted molar refractivity (Wildman–Crippen MR) is 64.9 cm³/mol. The molecule has 1 rings (SSSR count). The normalized spacial score (nSPS) is 33.2. The third kappa shape index (κ3) is 3.90. The maximum absolute atomic E-state index is 5.17. The van der Waals surface area contributed by atoms with Gasteiger partial charge >= 0.3 is 0 Å². The molecule has 14 heavy (non-hydrogen) atoms. The quantitative estimate of drug-likeness (QED) is 0.681. The van der Waals surface area contributed by atoms with Gasteiger partial charge in [-0.3, -0.25) is 0 Å². The average Bonchev–Trinajstić information content (AvgIpc) is 2.19. The van der Waals surface area contributed by atoms with E-state index in [0.29, 0.717) is 0 Å². The second-order valence-electron chi connectivity index (χ2n) is 4.53. The Balaban J connectivity index is 2.30. The summed E-state index contributed by atoms with van der Waals surface area (Å²) in [6.45, 7) is 3.22. The number of ether oxygens (including phenoxy) is 1. The Morgan fingerprint density at radius 3 is 2.71 bits per heavy atom. The number of rotatable bonds is 5. The molecule has 0 radical (unpaired) electrons. The van der Waals surface area contributed by atoms with Gasteiger partial charge in [-0.25, -0.2) is 0 Å². The van der Waals surface area contributed by atoms with Crippen LogP contribution in [0.2, 0.25) is 0 Å². The van der Waals surface area contributed by atoms with E-state index in [1.165, 1.54) is 38.5 Å². The van der Waals surface area contributed by atoms with E-state index in [4.69, 9.17) is 4.74 Å². The van der Waals surface area contributed by atoms with Gasteiger partial charge in [0.05, 0.1) is 0 Å². The van der Waals surface area contributed by atoms with Crippen LogP contribution in [-0.2, 0) is 4.74 Å². The summed E-state index contributed by atoms with van der Waals surface area (Å²) < 4.78 is 5.17. The van der Waals surface area contributed by atoms with Crippen molar-refractivity contribution in [2.45, 2.75) is 50.3 Å². The first kappa shape index (κ1) is 12.5. The zero-order valence-electron chi connectivity index (χ0n) is 9.47. The molecule has 0 amide bonds. The van der Waals surface area contributed by atoms with Crippen LogP contribution >= 0.6 is 15.9 Å². The molecule has 0 aromatic heterocycles. The lowest BCUT2D eigenvalue weighted by Crippen LogP contribution is -2.26. The summed E-state index contributed by atoms with van der Waals surface area (Å²) in [6.07, 6.45) is 8.18. The monoisotopic (exact) mass is 262 g/mol. The van der Waals surface area contributed by atoms with Gasteiger partial charge in [-0.15, -0.1) is 0 Å². The highest BCUT2D eigenvalue weighted by Crippen LogP contribution is 2.37. The van der Waals surface area contributed by atoms with Gasteiger partial charge in [0, 0.05) is 18.5 Å². The summed E-state index contributed by atoms with van der Waals surface area (Å²) in [4.78, 5) is 0.741. The van der Waals surface area contributed by atoms with Crippen molar-refractivity contribution in [3.63, 3.8) is 0 Å². The molecule has 1 aliphatic carbocycles. The number of halogens is 1. The van der Waals surface area contributed by atoms with Gasteiger partial charge in [0.1, 0.15) is 0 Å². The Morgan fingerprint density at radius 1 is 1.29 bits per heavy atom. The summed E-state index contributed by atoms with van der Waals surface area (Å²) in [6, 6.07) is 0. The second kappa shape index (κ2) is 6.84. The molecular weight excluding hydrogens is 240 g/mol. The van der Waals surface area contributed by atoms with Crippen molar-refractivity contribution in [1.82, 2.24) is 0 Å². The zero-order chi connectivity index (χ0) is 10.4. The number of hydrogen-bond donors (Lipinski definition) is 0. The first-order valence-corrected chi connectivity index (χ1v) is 6.82. The number of alkyl halides is 1. The number of hydrogen-bond acceptors (Lipinski definition) is 1. The first-order chi connectivity index (χ1) is 6.77. The summed E-state index contributed by atoms with van der Waals surface area (Å²) in [5.74, 6) is 1.83. The van der Waals surface area contributed by atoms with Crippen molar-refractivity contribution in [3.8, 4) is 0 Å². The molecule has 0 aliphatic heterocycles. The van der Waals surface area contributed by atoms with E-state index in [-0.39, 0.29) is 0 Å². The van der Waals surface area contributed by atoms with Crippen LogP contribution in [0, 0.1) is 11.8 Å². The fraction of sp³-hybridized carbons (Fsp3) is 1.00. The molecule has 0 aromatic carbocycles. The highest BCUT2D eigenvalue weighted by atomic mass is 79.9. The van der Waals surface area contributed by atoms with Crippen molar-refractivity contribution in [2.24, 2.45) is 11.8 Å². The van der Waals surface area contributed by atoms with E-state index in [0.717, 1.165) is 23.3 Å². The van der Waals surface area contributed by atoms with Crippen LogP contribution in [0.25, 0.3) is 0 Å². The van der Waals surface area contributed by atoms with Gasteiger partial charge in [0.15, 0.2) is 0 Å². The van der Waals surface area contributed by atoms with Crippen LogP contribution < -0.4 is 0 Å². The largest absolute Gasteiger partial charge is 0.385 e. The third-order valence-electron chi connectivity index (χ3n) is 3.39. The molecular formula is C12H23BrO. The minimum absolute atomic E-state index is 0.741. The Bertz CT molecular complexity index is 149. The van der Waals surface area contributed by atoms with Crippen molar-refractivity contribution in [1.29, 1.82) is 0 Å². The van der Waals surface area contributed by atoms with Crippen LogP contribution in [0.3, 0.4) is 0 Å². The molecule has 0 spiro atoms. The Morgan fingerprint density at radius 2 is 2.07 bits per heavy atom. The highest BCUT2D eigenvalue weighted by Gasteiger charge is 2.27. The van der Waals surface area contributed by atoms with Gasteiger partial charge in [-0.2, -0.15) is 0 Å². The lowest BCUT2D eigenvalue weighted by Gasteiger charge is -2.33. The average molecular weight is 263 g/mol. The minimum atomic E-state index is 0.741. The molecule has 1 nitrogen and oxygen atoms in total. The van der Waals surface area contributed by atoms with Crippen molar-refractivity contribution in [3.05, 3.63) is 0 Å². The fourth-order valence-electron chi connectivity index (χ4n) is 2.56. The second-order valence-corrected chi connectivity index (χ2v) is 5.70. The molecule has 0 aromatic rings. The van der Waals surface area contributed by atoms with Crippen LogP contribution in [0.15, 0.2) is 0 Å². The summed E-state index contributed by atoms with van der Waals surface area (Å²) >= 11 is 3.81. The van der Waals surface area contributed by atoms with Crippen LogP contribution in [0.5, 0.6) is 0 Å². The van der Waals surface area contributed by atoms with E-state index in [1.54, 1.807) is 7.11 Å². The summed E-state index contributed by atoms with van der Waals surface area (Å²) in [5.41, 5.74) is 0. The van der Waals surface area contributed by atoms with E-state index in [2.05, 4.69) is 22.9 Å². The molecule has 0 bridgehead atoms. The van der Waals surface area contributed by atoms with Crippen molar-refractivity contribution >= 4 is 15.9 Å². The van der Waals surface area contributed by atoms with Gasteiger partial charge in [-0.1, -0.05) is 35.7 Å². The maximum atomic E-state index is 5.17. The van der Waals surface area contributed by atoms with Crippen molar-refractivity contribution in [2.75, 3.05) is 13.7 Å². The van der Waals surface area contributed by atoms with Gasteiger partial charge < -0.3 is 4.74 Å². The Labute approximate surface area is 96.7 Å². The van der Waals surface area contributed by atoms with E-state index in [1.807, 2.05) is 0 Å². The predicted octanol–water partition coefficient (Wildman–Crippen LogP) is 4.00. The van der Waals surface area contributed by atoms with Gasteiger partial charge in [-0.05, 0) is 37.5 Å². The Hall–Kier alpha value is 0.440. The van der Waals surface area contributed by atoms with Crippen LogP contribution in [0.1, 0.15) is 45.4 Å². The standard InChI is InChI=1S/C12H23BrO/c1-3-4-10-5-6-12(13)11(9-10)7-8-14-2/h10-12H,3-9H2,1-2H3. The lowest BCUT2D eigenvalue weighted by molar-refractivity contribution is 0.155. The van der Waals surface area contributed by atoms with Crippen LogP contribution in [-0.4, -0.2) is 18.5 Å². The SMILES string of the molecule is CCCC1CCC(Br)C(CCOC)C1. The third-order valence-corrected chi connectivity index (χ3v) is 4.59. The molecule has 0 N–H and O–H groups in total. The molecule has 0 saturated heterocycles. The maximum Gasteiger partial charge on any atom is 0.0465 e. The minimum Gasteiger partial charge on any atom is -0.385 e. The Kier molecular flexibility index (Phi) is 6.11. The van der Waals surface area contributed by atoms with Gasteiger partial charge in [0.25, 0.3) is 0 Å². The van der Waals surface area contributed by atoms with E-state index in [9.17, 15) is 0 Å². The fourth-order valence-corrected chi connectivity index (χ4v) is 3.31. The molecule has 1 saturated carbocycles. The van der Waals surface area contributed by atoms with Crippen LogP contribution in [0.4, 0.5) is 0 Å².